The van der Waals surface area contributed by atoms with E-state index in [1.165, 1.54) is 6.92 Å². The topological polar surface area (TPSA) is 70.2 Å². The molecule has 1 rings (SSSR count). The lowest BCUT2D eigenvalue weighted by Gasteiger charge is -2.07. The molecule has 0 aliphatic rings. The number of rotatable bonds is 6. The number of anilines is 1. The molecule has 0 radical (unpaired) electrons. The van der Waals surface area contributed by atoms with E-state index >= 15 is 0 Å². The van der Waals surface area contributed by atoms with E-state index in [9.17, 15) is 9.59 Å². The lowest BCUT2D eigenvalue weighted by molar-refractivity contribution is -0.118. The highest BCUT2D eigenvalue weighted by atomic mass is 16.2. The van der Waals surface area contributed by atoms with Gasteiger partial charge in [0.2, 0.25) is 11.8 Å². The number of benzene rings is 1. The van der Waals surface area contributed by atoms with Gasteiger partial charge in [-0.25, -0.2) is 0 Å². The van der Waals surface area contributed by atoms with Crippen LogP contribution in [0.25, 0.3) is 0 Å². The maximum atomic E-state index is 11.6. The summed E-state index contributed by atoms with van der Waals surface area (Å²) in [6, 6.07) is 7.63. The summed E-state index contributed by atoms with van der Waals surface area (Å²) in [5, 5.41) is 8.39. The van der Waals surface area contributed by atoms with Crippen molar-refractivity contribution in [3.05, 3.63) is 29.8 Å². The Hall–Kier alpha value is -1.88. The molecule has 0 unspecified atom stereocenters. The van der Waals surface area contributed by atoms with E-state index in [4.69, 9.17) is 0 Å². The summed E-state index contributed by atoms with van der Waals surface area (Å²) in [5.41, 5.74) is 1.90. The van der Waals surface area contributed by atoms with Crippen molar-refractivity contribution in [1.82, 2.24) is 10.6 Å². The van der Waals surface area contributed by atoms with Crippen molar-refractivity contribution >= 4 is 17.5 Å². The van der Waals surface area contributed by atoms with Gasteiger partial charge in [0.1, 0.15) is 0 Å². The van der Waals surface area contributed by atoms with E-state index in [2.05, 4.69) is 16.0 Å². The number of carbonyl (C=O) groups excluding carboxylic acids is 2. The van der Waals surface area contributed by atoms with E-state index in [0.29, 0.717) is 13.1 Å². The smallest absolute Gasteiger partial charge is 0.238 e. The average molecular weight is 249 g/mol. The van der Waals surface area contributed by atoms with Crippen LogP contribution in [0, 0.1) is 6.92 Å². The van der Waals surface area contributed by atoms with Gasteiger partial charge in [-0.05, 0) is 24.6 Å². The maximum Gasteiger partial charge on any atom is 0.238 e. The molecule has 0 aromatic heterocycles. The fraction of sp³-hybridized carbons (Fsp3) is 0.385. The van der Waals surface area contributed by atoms with Gasteiger partial charge in [-0.2, -0.15) is 0 Å². The summed E-state index contributed by atoms with van der Waals surface area (Å²) in [6.45, 7) is 4.76. The highest BCUT2D eigenvalue weighted by Gasteiger charge is 2.01. The molecule has 0 spiro atoms. The van der Waals surface area contributed by atoms with E-state index in [1.807, 2.05) is 31.2 Å². The van der Waals surface area contributed by atoms with Crippen molar-refractivity contribution in [2.75, 3.05) is 25.0 Å². The van der Waals surface area contributed by atoms with Crippen molar-refractivity contribution in [2.24, 2.45) is 0 Å². The van der Waals surface area contributed by atoms with E-state index in [-0.39, 0.29) is 18.4 Å². The van der Waals surface area contributed by atoms with Crippen molar-refractivity contribution in [3.8, 4) is 0 Å². The molecule has 98 valence electrons. The summed E-state index contributed by atoms with van der Waals surface area (Å²) >= 11 is 0. The van der Waals surface area contributed by atoms with Crippen LogP contribution in [0.2, 0.25) is 0 Å². The molecule has 1 aromatic carbocycles. The molecule has 0 fully saturated rings. The minimum absolute atomic E-state index is 0.0685. The SMILES string of the molecule is CC(=O)NCCNCC(=O)Nc1cccc(C)c1. The number of hydrogen-bond donors (Lipinski definition) is 3. The van der Waals surface area contributed by atoms with E-state index in [1.54, 1.807) is 0 Å². The van der Waals surface area contributed by atoms with Crippen LogP contribution >= 0.6 is 0 Å². The van der Waals surface area contributed by atoms with Crippen LogP contribution in [0.4, 0.5) is 5.69 Å². The third-order valence-corrected chi connectivity index (χ3v) is 2.26. The van der Waals surface area contributed by atoms with E-state index in [0.717, 1.165) is 11.3 Å². The summed E-state index contributed by atoms with van der Waals surface area (Å²) in [6.07, 6.45) is 0. The van der Waals surface area contributed by atoms with Crippen LogP contribution in [-0.4, -0.2) is 31.4 Å². The van der Waals surface area contributed by atoms with Crippen LogP contribution in [0.1, 0.15) is 12.5 Å². The normalized spacial score (nSPS) is 9.89. The lowest BCUT2D eigenvalue weighted by Crippen LogP contribution is -2.34. The third kappa shape index (κ3) is 6.00. The molecule has 2 amide bonds. The molecule has 0 bridgehead atoms. The molecule has 0 aliphatic carbocycles. The summed E-state index contributed by atoms with van der Waals surface area (Å²) < 4.78 is 0. The molecule has 5 heteroatoms. The van der Waals surface area contributed by atoms with Gasteiger partial charge in [0.25, 0.3) is 0 Å². The number of carbonyl (C=O) groups is 2. The van der Waals surface area contributed by atoms with Gasteiger partial charge in [-0.1, -0.05) is 12.1 Å². The predicted molar refractivity (Wildman–Crippen MR) is 71.4 cm³/mol. The largest absolute Gasteiger partial charge is 0.355 e. The van der Waals surface area contributed by atoms with Gasteiger partial charge < -0.3 is 16.0 Å². The standard InChI is InChI=1S/C13H19N3O2/c1-10-4-3-5-12(8-10)16-13(18)9-14-6-7-15-11(2)17/h3-5,8,14H,6-7,9H2,1-2H3,(H,15,17)(H,16,18). The molecule has 18 heavy (non-hydrogen) atoms. The first-order valence-electron chi connectivity index (χ1n) is 5.89. The number of nitrogens with one attached hydrogen (secondary N) is 3. The van der Waals surface area contributed by atoms with Crippen LogP contribution in [0.15, 0.2) is 24.3 Å². The summed E-state index contributed by atoms with van der Waals surface area (Å²) in [7, 11) is 0. The van der Waals surface area contributed by atoms with Crippen molar-refractivity contribution in [2.45, 2.75) is 13.8 Å². The monoisotopic (exact) mass is 249 g/mol. The first kappa shape index (κ1) is 14.2. The zero-order valence-corrected chi connectivity index (χ0v) is 10.7. The zero-order chi connectivity index (χ0) is 13.4. The molecular formula is C13H19N3O2. The quantitative estimate of drug-likeness (QED) is 0.649. The Labute approximate surface area is 107 Å². The third-order valence-electron chi connectivity index (χ3n) is 2.26. The highest BCUT2D eigenvalue weighted by molar-refractivity contribution is 5.92. The van der Waals surface area contributed by atoms with Crippen LogP contribution in [0.5, 0.6) is 0 Å². The Kier molecular flexibility index (Phi) is 5.87. The molecule has 5 nitrogen and oxygen atoms in total. The average Bonchev–Trinajstić information content (AvgIpc) is 2.28. The molecule has 0 heterocycles. The first-order valence-corrected chi connectivity index (χ1v) is 5.89. The fourth-order valence-electron chi connectivity index (χ4n) is 1.46. The predicted octanol–water partition coefficient (Wildman–Crippen LogP) is 0.659. The van der Waals surface area contributed by atoms with Crippen LogP contribution in [0.3, 0.4) is 0 Å². The van der Waals surface area contributed by atoms with Gasteiger partial charge >= 0.3 is 0 Å². The molecule has 0 aliphatic heterocycles. The van der Waals surface area contributed by atoms with Crippen LogP contribution in [-0.2, 0) is 9.59 Å². The first-order chi connectivity index (χ1) is 8.58. The Morgan fingerprint density at radius 1 is 1.22 bits per heavy atom. The minimum atomic E-state index is -0.0941. The maximum absolute atomic E-state index is 11.6. The van der Waals surface area contributed by atoms with Gasteiger partial charge in [-0.15, -0.1) is 0 Å². The molecular weight excluding hydrogens is 230 g/mol. The van der Waals surface area contributed by atoms with Crippen molar-refractivity contribution in [3.63, 3.8) is 0 Å². The van der Waals surface area contributed by atoms with Gasteiger partial charge in [-0.3, -0.25) is 9.59 Å². The van der Waals surface area contributed by atoms with Gasteiger partial charge in [0.15, 0.2) is 0 Å². The summed E-state index contributed by atoms with van der Waals surface area (Å²) in [5.74, 6) is -0.163. The Bertz CT molecular complexity index is 418. The Morgan fingerprint density at radius 3 is 2.67 bits per heavy atom. The van der Waals surface area contributed by atoms with Crippen molar-refractivity contribution in [1.29, 1.82) is 0 Å². The Morgan fingerprint density at radius 2 is 2.00 bits per heavy atom. The van der Waals surface area contributed by atoms with Crippen LogP contribution < -0.4 is 16.0 Å². The van der Waals surface area contributed by atoms with Gasteiger partial charge in [0, 0.05) is 25.7 Å². The highest BCUT2D eigenvalue weighted by Crippen LogP contribution is 2.08. The molecule has 0 saturated heterocycles. The molecule has 0 saturated carbocycles. The second kappa shape index (κ2) is 7.45. The second-order valence-corrected chi connectivity index (χ2v) is 4.08. The summed E-state index contributed by atoms with van der Waals surface area (Å²) in [4.78, 5) is 22.2. The minimum Gasteiger partial charge on any atom is -0.355 e. The number of amides is 2. The molecule has 3 N–H and O–H groups in total. The fourth-order valence-corrected chi connectivity index (χ4v) is 1.46. The number of aryl methyl sites for hydroxylation is 1. The van der Waals surface area contributed by atoms with Gasteiger partial charge in [0.05, 0.1) is 6.54 Å². The Balaban J connectivity index is 2.20. The van der Waals surface area contributed by atoms with Crippen molar-refractivity contribution < 1.29 is 9.59 Å². The number of hydrogen-bond acceptors (Lipinski definition) is 3. The zero-order valence-electron chi connectivity index (χ0n) is 10.7. The molecule has 1 aromatic rings. The van der Waals surface area contributed by atoms with E-state index < -0.39 is 0 Å². The lowest BCUT2D eigenvalue weighted by atomic mass is 10.2. The molecule has 0 atom stereocenters. The second-order valence-electron chi connectivity index (χ2n) is 4.08.